The number of esters is 1. The first-order valence-corrected chi connectivity index (χ1v) is 5.86. The van der Waals surface area contributed by atoms with Crippen molar-refractivity contribution in [2.45, 2.75) is 30.8 Å². The number of cyclic esters (lactones) is 1. The molecule has 0 aliphatic carbocycles. The number of carbonyl (C=O) groups is 4. The molecule has 122 valence electrons. The molecule has 2 fully saturated rings. The largest absolute Gasteiger partial charge is 1.00 e. The summed E-state index contributed by atoms with van der Waals surface area (Å²) in [6.45, 7) is -0.743. The number of halogens is 3. The van der Waals surface area contributed by atoms with Gasteiger partial charge in [0.05, 0.1) is 6.42 Å². The normalized spacial score (nSPS) is 27.4. The van der Waals surface area contributed by atoms with Gasteiger partial charge in [-0.25, -0.2) is 0 Å². The standard InChI is InChI=1S/C10H9F3N2O7.Na/c11-10(12,13)7(18)14-4-3-21-15(6(4)17)9(8(19)20)2-1-5(16)22-9;/h4H,1-3H2,(H,14,18)(H,19,20);/q;+1/p-1/t4-,9?;/m0./s1. The second kappa shape index (κ2) is 6.63. The molecule has 0 aromatic heterocycles. The first kappa shape index (κ1) is 19.7. The summed E-state index contributed by atoms with van der Waals surface area (Å²) in [5.41, 5.74) is -2.55. The summed E-state index contributed by atoms with van der Waals surface area (Å²) < 4.78 is 40.9. The third kappa shape index (κ3) is 3.59. The third-order valence-corrected chi connectivity index (χ3v) is 3.03. The van der Waals surface area contributed by atoms with E-state index >= 15 is 0 Å². The van der Waals surface area contributed by atoms with Crippen LogP contribution >= 0.6 is 0 Å². The Labute approximate surface area is 148 Å². The van der Waals surface area contributed by atoms with Crippen LogP contribution in [0.5, 0.6) is 0 Å². The summed E-state index contributed by atoms with van der Waals surface area (Å²) >= 11 is 0. The Morgan fingerprint density at radius 2 is 1.96 bits per heavy atom. The molecule has 0 radical (unpaired) electrons. The molecule has 0 saturated carbocycles. The number of hydrogen-bond donors (Lipinski definition) is 1. The van der Waals surface area contributed by atoms with Gasteiger partial charge in [-0.1, -0.05) is 0 Å². The zero-order valence-electron chi connectivity index (χ0n) is 11.6. The fraction of sp³-hybridized carbons (Fsp3) is 0.600. The van der Waals surface area contributed by atoms with E-state index in [0.29, 0.717) is 0 Å². The van der Waals surface area contributed by atoms with Gasteiger partial charge in [-0.15, -0.1) is 0 Å². The molecule has 2 aliphatic heterocycles. The molecule has 1 N–H and O–H groups in total. The molecule has 1 unspecified atom stereocenters. The van der Waals surface area contributed by atoms with Crippen molar-refractivity contribution in [1.29, 1.82) is 0 Å². The minimum absolute atomic E-state index is 0. The average molecular weight is 348 g/mol. The Morgan fingerprint density at radius 1 is 1.35 bits per heavy atom. The minimum atomic E-state index is -5.22. The molecule has 2 rings (SSSR count). The van der Waals surface area contributed by atoms with Gasteiger partial charge in [0, 0.05) is 6.42 Å². The van der Waals surface area contributed by atoms with Gasteiger partial charge in [0.25, 0.3) is 11.6 Å². The van der Waals surface area contributed by atoms with Crippen LogP contribution in [0.1, 0.15) is 12.8 Å². The van der Waals surface area contributed by atoms with Crippen LogP contribution in [0, 0.1) is 0 Å². The molecule has 13 heteroatoms. The predicted molar refractivity (Wildman–Crippen MR) is 53.8 cm³/mol. The third-order valence-electron chi connectivity index (χ3n) is 3.03. The second-order valence-electron chi connectivity index (χ2n) is 4.50. The maximum Gasteiger partial charge on any atom is 1.00 e. The molecule has 23 heavy (non-hydrogen) atoms. The van der Waals surface area contributed by atoms with Gasteiger partial charge in [-0.2, -0.15) is 18.2 Å². The molecule has 0 aromatic carbocycles. The van der Waals surface area contributed by atoms with Crippen molar-refractivity contribution in [2.75, 3.05) is 6.61 Å². The van der Waals surface area contributed by atoms with E-state index in [2.05, 4.69) is 4.74 Å². The van der Waals surface area contributed by atoms with E-state index in [0.717, 1.165) is 0 Å². The predicted octanol–water partition coefficient (Wildman–Crippen LogP) is -5.41. The number of nitrogens with zero attached hydrogens (tertiary/aromatic N) is 1. The van der Waals surface area contributed by atoms with Gasteiger partial charge in [-0.3, -0.25) is 19.2 Å². The van der Waals surface area contributed by atoms with Crippen LogP contribution in [0.25, 0.3) is 0 Å². The summed E-state index contributed by atoms with van der Waals surface area (Å²) in [4.78, 5) is 49.6. The van der Waals surface area contributed by atoms with Crippen molar-refractivity contribution in [3.63, 3.8) is 0 Å². The molecule has 2 amide bonds. The molecule has 2 saturated heterocycles. The van der Waals surface area contributed by atoms with Crippen molar-refractivity contribution >= 4 is 23.8 Å². The monoisotopic (exact) mass is 348 g/mol. The number of hydrogen-bond acceptors (Lipinski definition) is 7. The maximum absolute atomic E-state index is 12.1. The van der Waals surface area contributed by atoms with Crippen LogP contribution in [-0.2, 0) is 28.8 Å². The molecule has 0 spiro atoms. The van der Waals surface area contributed by atoms with Gasteiger partial charge in [0.2, 0.25) is 0 Å². The number of rotatable bonds is 3. The molecule has 2 atom stereocenters. The Kier molecular flexibility index (Phi) is 5.67. The van der Waals surface area contributed by atoms with Crippen LogP contribution in [0.3, 0.4) is 0 Å². The van der Waals surface area contributed by atoms with E-state index < -0.39 is 54.7 Å². The molecule has 0 bridgehead atoms. The second-order valence-corrected chi connectivity index (χ2v) is 4.50. The van der Waals surface area contributed by atoms with E-state index in [-0.39, 0.29) is 41.0 Å². The fourth-order valence-electron chi connectivity index (χ4n) is 1.98. The minimum Gasteiger partial charge on any atom is -0.544 e. The molecule has 9 nitrogen and oxygen atoms in total. The molecular formula is C10H8F3N2NaO7. The summed E-state index contributed by atoms with van der Waals surface area (Å²) in [6.07, 6.45) is -6.06. The average Bonchev–Trinajstić information content (AvgIpc) is 2.94. The van der Waals surface area contributed by atoms with Crippen LogP contribution in [0.2, 0.25) is 0 Å². The number of nitrogens with one attached hydrogen (secondary N) is 1. The molecular weight excluding hydrogens is 340 g/mol. The van der Waals surface area contributed by atoms with E-state index in [9.17, 15) is 37.5 Å². The topological polar surface area (TPSA) is 125 Å². The smallest absolute Gasteiger partial charge is 0.544 e. The molecule has 2 heterocycles. The summed E-state index contributed by atoms with van der Waals surface area (Å²) in [7, 11) is 0. The first-order valence-electron chi connectivity index (χ1n) is 5.86. The SMILES string of the molecule is O=C1CCC(C(=O)[O-])(N2OC[C@H](NC(=O)C(F)(F)F)C2=O)O1.[Na+]. The Morgan fingerprint density at radius 3 is 2.39 bits per heavy atom. The summed E-state index contributed by atoms with van der Waals surface area (Å²) in [5, 5.41) is 12.6. The van der Waals surface area contributed by atoms with E-state index in [4.69, 9.17) is 4.84 Å². The quantitative estimate of drug-likeness (QED) is 0.399. The number of carboxylic acid groups (broad SMARTS) is 1. The number of alkyl halides is 3. The van der Waals surface area contributed by atoms with Crippen molar-refractivity contribution in [2.24, 2.45) is 0 Å². The van der Waals surface area contributed by atoms with Gasteiger partial charge >= 0.3 is 47.6 Å². The van der Waals surface area contributed by atoms with E-state index in [1.807, 2.05) is 0 Å². The first-order chi connectivity index (χ1) is 10.1. The summed E-state index contributed by atoms with van der Waals surface area (Å²) in [6, 6.07) is -1.76. The van der Waals surface area contributed by atoms with Gasteiger partial charge in [0.15, 0.2) is 0 Å². The molecule has 2 aliphatic rings. The van der Waals surface area contributed by atoms with Gasteiger partial charge in [-0.05, 0) is 0 Å². The van der Waals surface area contributed by atoms with Crippen molar-refractivity contribution < 1.29 is 76.6 Å². The van der Waals surface area contributed by atoms with Crippen LogP contribution in [-0.4, -0.2) is 53.4 Å². The van der Waals surface area contributed by atoms with E-state index in [1.165, 1.54) is 5.32 Å². The van der Waals surface area contributed by atoms with Gasteiger partial charge < -0.3 is 20.0 Å². The van der Waals surface area contributed by atoms with Crippen molar-refractivity contribution in [3.8, 4) is 0 Å². The zero-order valence-corrected chi connectivity index (χ0v) is 13.6. The summed E-state index contributed by atoms with van der Waals surface area (Å²) in [5.74, 6) is -6.59. The van der Waals surface area contributed by atoms with Crippen LogP contribution < -0.4 is 40.0 Å². The van der Waals surface area contributed by atoms with Crippen LogP contribution in [0.15, 0.2) is 0 Å². The van der Waals surface area contributed by atoms with Crippen molar-refractivity contribution in [1.82, 2.24) is 10.4 Å². The number of carbonyl (C=O) groups excluding carboxylic acids is 4. The number of ether oxygens (including phenoxy) is 1. The van der Waals surface area contributed by atoms with Gasteiger partial charge in [0.1, 0.15) is 18.6 Å². The zero-order chi connectivity index (χ0) is 16.7. The fourth-order valence-corrected chi connectivity index (χ4v) is 1.98. The van der Waals surface area contributed by atoms with E-state index in [1.54, 1.807) is 0 Å². The maximum atomic E-state index is 12.1. The van der Waals surface area contributed by atoms with Crippen LogP contribution in [0.4, 0.5) is 13.2 Å². The van der Waals surface area contributed by atoms with Crippen molar-refractivity contribution in [3.05, 3.63) is 0 Å². The Balaban J connectivity index is 0.00000264. The Hall–Kier alpha value is -1.37. The molecule has 0 aromatic rings. The number of aliphatic carboxylic acids is 1. The number of carboxylic acids is 1. The Bertz CT molecular complexity index is 555. The number of hydroxylamine groups is 2. The number of amides is 2.